The summed E-state index contributed by atoms with van der Waals surface area (Å²) >= 11 is 0.278. The van der Waals surface area contributed by atoms with E-state index in [-0.39, 0.29) is 91.6 Å². The molecule has 54 heavy (non-hydrogen) atoms. The summed E-state index contributed by atoms with van der Waals surface area (Å²) in [5.41, 5.74) is 2.49. The summed E-state index contributed by atoms with van der Waals surface area (Å²) in [5, 5.41) is 0. The van der Waals surface area contributed by atoms with Gasteiger partial charge in [0.05, 0.1) is 21.0 Å². The van der Waals surface area contributed by atoms with Crippen molar-refractivity contribution in [1.29, 1.82) is 1.28 Å². The van der Waals surface area contributed by atoms with Crippen LogP contribution in [0, 0.1) is 15.4 Å². The number of methoxy groups -OCH3 is 2. The maximum atomic E-state index is 12.7. The summed E-state index contributed by atoms with van der Waals surface area (Å²) in [5.74, 6) is -0.0843. The molecule has 4 bridgehead atoms. The fourth-order valence-corrected chi connectivity index (χ4v) is 13.0. The molecule has 0 amide bonds. The minimum atomic E-state index is -2.07. The second kappa shape index (κ2) is 24.7. The van der Waals surface area contributed by atoms with Gasteiger partial charge in [-0.3, -0.25) is 14.1 Å². The van der Waals surface area contributed by atoms with Crippen LogP contribution < -0.4 is 3.58 Å². The van der Waals surface area contributed by atoms with Crippen LogP contribution in [0.5, 0.6) is 0 Å². The van der Waals surface area contributed by atoms with E-state index in [2.05, 4.69) is 95.7 Å². The molecule has 303 valence electrons. The number of hydrogen-bond donors (Lipinski definition) is 0. The number of carbonyl (C=O) groups excluding carboxylic acids is 2. The first-order chi connectivity index (χ1) is 25.9. The predicted octanol–water partition coefficient (Wildman–Crippen LogP) is 8.63. The number of benzene rings is 2. The van der Waals surface area contributed by atoms with Crippen molar-refractivity contribution < 1.29 is 30.7 Å². The molecule has 0 aliphatic carbocycles. The number of fused-ring (bicyclic) bond motifs is 4. The number of alkyl halides is 2. The SMILES string of the molecule is C.COC(=O)C1C(c2cc[c]([Sn]([CH3])([CH3])[CH3])cc2)CC2CCC1N2CCCF.COC(=O)C1C(c2ccc([123I])cc2)CC2CCC1N2CCCF.[3H]PC.[F][Sn]. The zero-order chi connectivity index (χ0) is 40.0. The third kappa shape index (κ3) is 12.4. The molecule has 0 N–H and O–H groups in total. The van der Waals surface area contributed by atoms with Crippen LogP contribution in [0.3, 0.4) is 0 Å². The van der Waals surface area contributed by atoms with E-state index < -0.39 is 18.4 Å². The van der Waals surface area contributed by atoms with Gasteiger partial charge in [-0.2, -0.15) is 0 Å². The second-order valence-corrected chi connectivity index (χ2v) is 31.1. The molecule has 2 aromatic rings. The molecule has 0 aromatic heterocycles. The third-order valence-electron chi connectivity index (χ3n) is 11.7. The number of nitrogens with zero attached hydrogens (tertiary/aromatic N) is 2. The predicted molar refractivity (Wildman–Crippen MR) is 232 cm³/mol. The number of carbonyl (C=O) groups is 2. The first kappa shape index (κ1) is 48.2. The van der Waals surface area contributed by atoms with Crippen LogP contribution in [0.1, 0.15) is 81.8 Å². The van der Waals surface area contributed by atoms with E-state index in [9.17, 15) is 21.2 Å². The molecule has 4 aliphatic heterocycles. The van der Waals surface area contributed by atoms with Gasteiger partial charge in [0.15, 0.2) is 0 Å². The van der Waals surface area contributed by atoms with Crippen LogP contribution in [0.2, 0.25) is 14.8 Å². The number of ether oxygens (including phenoxy) is 2. The van der Waals surface area contributed by atoms with Crippen molar-refractivity contribution in [3.05, 3.63) is 63.2 Å². The van der Waals surface area contributed by atoms with E-state index in [1.807, 2.05) is 6.66 Å². The molecule has 6 rings (SSSR count). The fraction of sp³-hybridized carbons (Fsp3) is 0.659. The van der Waals surface area contributed by atoms with Gasteiger partial charge in [0.25, 0.3) is 0 Å². The molecule has 3 radical (unpaired) electrons. The van der Waals surface area contributed by atoms with E-state index in [0.29, 0.717) is 34.1 Å². The van der Waals surface area contributed by atoms with Gasteiger partial charge in [-0.25, -0.2) is 0 Å². The van der Waals surface area contributed by atoms with Gasteiger partial charge in [0.2, 0.25) is 0 Å². The van der Waals surface area contributed by atoms with Crippen molar-refractivity contribution in [3.63, 3.8) is 0 Å². The van der Waals surface area contributed by atoms with Gasteiger partial charge in [-0.1, -0.05) is 26.2 Å². The number of halogens is 4. The molecule has 4 aliphatic rings. The molecule has 2 aromatic carbocycles. The summed E-state index contributed by atoms with van der Waals surface area (Å²) < 4.78 is 54.2. The standard InChI is InChI=1S/C18H23FINO2.C18H23FNO2.CH5P.CH4.3CH3.FH.2Sn/c1-23-18(22)17-15(12-3-5-13(20)6-4-12)11-14-7-8-16(17)21(14)10-2-9-19;1-22-18(21)17-15(13-6-3-2-4-7-13)12-14-8-9-16(17)20(14)11-5-10-19;1-2;;;;;;;/h3-6,14-17H,2,7-11H2,1H3;3-4,6-7,14-17H,5,8-12H2,1H3;2H2,1H3;1H4;3*1H3;1H;;/q;;;;;;;;;+1/p-1/i20-4;;2T;;;;;;;. The van der Waals surface area contributed by atoms with Crippen molar-refractivity contribution >= 4 is 88.8 Å². The van der Waals surface area contributed by atoms with Crippen LogP contribution >= 0.6 is 31.8 Å². The zero-order valence-corrected chi connectivity index (χ0v) is 41.1. The number of esters is 2. The van der Waals surface area contributed by atoms with Gasteiger partial charge >= 0.3 is 193 Å². The van der Waals surface area contributed by atoms with Crippen LogP contribution in [0.15, 0.2) is 48.5 Å². The molecule has 9 unspecified atom stereocenters. The fourth-order valence-electron chi connectivity index (χ4n) is 9.35. The van der Waals surface area contributed by atoms with Gasteiger partial charge in [-0.05, 0) is 66.0 Å². The van der Waals surface area contributed by atoms with E-state index in [1.165, 1.54) is 32.5 Å². The van der Waals surface area contributed by atoms with Crippen molar-refractivity contribution in [2.75, 3.05) is 47.3 Å². The van der Waals surface area contributed by atoms with E-state index in [4.69, 9.17) is 10.8 Å². The van der Waals surface area contributed by atoms with Crippen molar-refractivity contribution in [3.8, 4) is 0 Å². The Morgan fingerprint density at radius 3 is 1.50 bits per heavy atom. The van der Waals surface area contributed by atoms with E-state index in [0.717, 1.165) is 51.6 Å². The molecular weight excluding hydrogens is 1030 g/mol. The molecular formula is C41H64F3IN2O4PSn2. The van der Waals surface area contributed by atoms with Gasteiger partial charge in [0.1, 0.15) is 0 Å². The number of piperidine rings is 2. The quantitative estimate of drug-likeness (QED) is 0.0974. The Labute approximate surface area is 359 Å². The average molecular weight is 1100 g/mol. The summed E-state index contributed by atoms with van der Waals surface area (Å²) in [4.78, 5) is 37.2. The second-order valence-electron chi connectivity index (χ2n) is 15.4. The third-order valence-corrected chi connectivity index (χ3v) is 18.3. The Kier molecular flexibility index (Phi) is 22.0. The molecule has 0 saturated carbocycles. The Morgan fingerprint density at radius 1 is 0.796 bits per heavy atom. The molecule has 4 fully saturated rings. The Morgan fingerprint density at radius 2 is 1.17 bits per heavy atom. The summed E-state index contributed by atoms with van der Waals surface area (Å²) in [6, 6.07) is 18.9. The maximum absolute atomic E-state index is 12.7. The zero-order valence-electron chi connectivity index (χ0n) is 33.3. The molecule has 4 saturated heterocycles. The van der Waals surface area contributed by atoms with Gasteiger partial charge in [0, 0.05) is 28.1 Å². The molecule has 9 atom stereocenters. The van der Waals surface area contributed by atoms with Crippen molar-refractivity contribution in [2.24, 2.45) is 11.8 Å². The first-order valence-electron chi connectivity index (χ1n) is 19.4. The van der Waals surface area contributed by atoms with Crippen LogP contribution in [-0.4, -0.2) is 136 Å². The van der Waals surface area contributed by atoms with Gasteiger partial charge in [-0.15, -0.1) is 9.18 Å². The van der Waals surface area contributed by atoms with Crippen LogP contribution in [0.25, 0.3) is 0 Å². The Balaban J connectivity index is 0.000000337. The van der Waals surface area contributed by atoms with E-state index >= 15 is 0 Å². The molecule has 4 heterocycles. The molecule has 6 nitrogen and oxygen atoms in total. The van der Waals surface area contributed by atoms with Gasteiger partial charge < -0.3 is 4.74 Å². The normalized spacial score (nSPS) is 27.6. The Hall–Kier alpha value is -0.153. The first-order valence-corrected chi connectivity index (χ1v) is 32.0. The van der Waals surface area contributed by atoms with E-state index in [1.54, 1.807) is 0 Å². The van der Waals surface area contributed by atoms with Crippen LogP contribution in [-0.2, 0) is 19.1 Å². The van der Waals surface area contributed by atoms with Crippen molar-refractivity contribution in [1.82, 2.24) is 9.80 Å². The number of hydrogen-bond acceptors (Lipinski definition) is 6. The van der Waals surface area contributed by atoms with Crippen LogP contribution in [0.4, 0.5) is 11.6 Å². The minimum absolute atomic E-state index is 0. The number of rotatable bonds is 11. The topological polar surface area (TPSA) is 59.1 Å². The Bertz CT molecular complexity index is 1430. The monoisotopic (exact) mass is 1100 g/mol. The average Bonchev–Trinajstić information content (AvgIpc) is 3.61. The summed E-state index contributed by atoms with van der Waals surface area (Å²) in [6.07, 6.45) is 7.28. The molecule has 0 spiro atoms. The summed E-state index contributed by atoms with van der Waals surface area (Å²) in [6.45, 7) is 2.74. The summed E-state index contributed by atoms with van der Waals surface area (Å²) in [7, 11) is 3.30. The van der Waals surface area contributed by atoms with Crippen molar-refractivity contribution in [2.45, 2.75) is 110 Å². The molecule has 13 heteroatoms.